The lowest BCUT2D eigenvalue weighted by molar-refractivity contribution is -0.141. The zero-order valence-electron chi connectivity index (χ0n) is 17.8. The molecule has 0 aliphatic carbocycles. The first kappa shape index (κ1) is 31.1. The average molecular weight is 459 g/mol. The Balaban J connectivity index is 0. The number of benzene rings is 1. The number of rotatable bonds is 12. The van der Waals surface area contributed by atoms with Crippen molar-refractivity contribution in [2.75, 3.05) is 6.54 Å². The van der Waals surface area contributed by atoms with Gasteiger partial charge >= 0.3 is 23.9 Å². The molecule has 0 bridgehead atoms. The van der Waals surface area contributed by atoms with E-state index in [9.17, 15) is 19.2 Å². The van der Waals surface area contributed by atoms with Crippen LogP contribution in [0.25, 0.3) is 0 Å². The maximum Gasteiger partial charge on any atom is 0.320 e. The van der Waals surface area contributed by atoms with E-state index >= 15 is 0 Å². The van der Waals surface area contributed by atoms with Crippen LogP contribution in [-0.4, -0.2) is 69.0 Å². The summed E-state index contributed by atoms with van der Waals surface area (Å²) in [5, 5.41) is 33.1. The molecule has 0 aliphatic heterocycles. The highest BCUT2D eigenvalue weighted by atomic mass is 16.4. The van der Waals surface area contributed by atoms with Crippen molar-refractivity contribution in [1.82, 2.24) is 0 Å². The summed E-state index contributed by atoms with van der Waals surface area (Å²) >= 11 is 0. The van der Waals surface area contributed by atoms with Gasteiger partial charge in [0.05, 0.1) is 0 Å². The summed E-state index contributed by atoms with van der Waals surface area (Å²) in [7, 11) is 0. The molecular formula is C20H34N4O8. The van der Waals surface area contributed by atoms with E-state index in [1.54, 1.807) is 0 Å². The van der Waals surface area contributed by atoms with Crippen molar-refractivity contribution >= 4 is 23.9 Å². The number of carboxylic acids is 4. The van der Waals surface area contributed by atoms with Crippen LogP contribution in [0, 0.1) is 0 Å². The summed E-state index contributed by atoms with van der Waals surface area (Å²) in [6, 6.07) is 6.77. The van der Waals surface area contributed by atoms with Gasteiger partial charge in [0.2, 0.25) is 0 Å². The number of carboxylic acid groups (broad SMARTS) is 4. The fourth-order valence-corrected chi connectivity index (χ4v) is 1.99. The minimum absolute atomic E-state index is 0.0231. The normalized spacial score (nSPS) is 12.6. The smallest absolute Gasteiger partial charge is 0.320 e. The van der Waals surface area contributed by atoms with Gasteiger partial charge in [-0.1, -0.05) is 36.8 Å². The average Bonchev–Trinajstić information content (AvgIpc) is 2.73. The highest BCUT2D eigenvalue weighted by molar-refractivity contribution is 5.75. The summed E-state index contributed by atoms with van der Waals surface area (Å²) < 4.78 is 0. The SMILES string of the molecule is NC(CCC(=O)O)C(=O)O.NC(Cc1ccccc1)C(=O)O.NCCCCC(N)C(=O)O. The number of carbonyl (C=O) groups is 4. The lowest BCUT2D eigenvalue weighted by atomic mass is 10.1. The Morgan fingerprint density at radius 3 is 1.59 bits per heavy atom. The maximum atomic E-state index is 10.4. The summed E-state index contributed by atoms with van der Waals surface area (Å²) in [5.41, 5.74) is 21.7. The van der Waals surface area contributed by atoms with Gasteiger partial charge in [-0.25, -0.2) is 0 Å². The second-order valence-corrected chi connectivity index (χ2v) is 6.74. The van der Waals surface area contributed by atoms with Gasteiger partial charge in [-0.3, -0.25) is 19.2 Å². The quantitative estimate of drug-likeness (QED) is 0.183. The molecule has 182 valence electrons. The molecule has 0 spiro atoms. The molecule has 0 radical (unpaired) electrons. The van der Waals surface area contributed by atoms with Gasteiger partial charge in [-0.15, -0.1) is 0 Å². The number of hydrogen-bond donors (Lipinski definition) is 8. The first-order valence-electron chi connectivity index (χ1n) is 9.83. The van der Waals surface area contributed by atoms with Crippen LogP contribution in [0.5, 0.6) is 0 Å². The largest absolute Gasteiger partial charge is 0.481 e. The van der Waals surface area contributed by atoms with Crippen molar-refractivity contribution in [3.8, 4) is 0 Å². The zero-order chi connectivity index (χ0) is 25.1. The standard InChI is InChI=1S/C9H11NO2.C6H14N2O2.C5H9NO4/c10-8(9(11)12)6-7-4-2-1-3-5-7;7-4-2-1-3-5(8)6(9)10;6-3(5(9)10)1-2-4(7)8/h1-5,8H,6,10H2,(H,11,12);5H,1-4,7-8H2,(H,9,10);3H,1-2,6H2,(H,7,8)(H,9,10). The Morgan fingerprint density at radius 2 is 1.19 bits per heavy atom. The number of nitrogens with two attached hydrogens (primary N) is 4. The molecule has 0 aromatic heterocycles. The summed E-state index contributed by atoms with van der Waals surface area (Å²) in [6.07, 6.45) is 2.33. The van der Waals surface area contributed by atoms with Crippen LogP contribution >= 0.6 is 0 Å². The Morgan fingerprint density at radius 1 is 0.719 bits per heavy atom. The molecule has 0 saturated heterocycles. The van der Waals surface area contributed by atoms with Crippen LogP contribution < -0.4 is 22.9 Å². The number of aliphatic carboxylic acids is 4. The molecule has 3 atom stereocenters. The van der Waals surface area contributed by atoms with Gasteiger partial charge < -0.3 is 43.4 Å². The molecule has 0 fully saturated rings. The van der Waals surface area contributed by atoms with Crippen LogP contribution in [0.2, 0.25) is 0 Å². The third-order valence-corrected chi connectivity index (χ3v) is 3.89. The van der Waals surface area contributed by atoms with Crippen molar-refractivity contribution in [2.24, 2.45) is 22.9 Å². The maximum absolute atomic E-state index is 10.4. The topological polar surface area (TPSA) is 253 Å². The van der Waals surface area contributed by atoms with E-state index in [4.69, 9.17) is 43.4 Å². The van der Waals surface area contributed by atoms with Crippen LogP contribution in [0.1, 0.15) is 37.7 Å². The monoisotopic (exact) mass is 458 g/mol. The molecule has 12 heteroatoms. The summed E-state index contributed by atoms with van der Waals surface area (Å²) in [6.45, 7) is 0.604. The molecule has 0 amide bonds. The molecule has 0 aliphatic rings. The molecule has 0 saturated carbocycles. The molecular weight excluding hydrogens is 424 g/mol. The Hall–Kier alpha value is -3.06. The van der Waals surface area contributed by atoms with Crippen LogP contribution in [0.4, 0.5) is 0 Å². The zero-order valence-corrected chi connectivity index (χ0v) is 17.8. The number of hydrogen-bond acceptors (Lipinski definition) is 8. The molecule has 0 heterocycles. The van der Waals surface area contributed by atoms with Gasteiger partial charge in [0.1, 0.15) is 18.1 Å². The lowest BCUT2D eigenvalue weighted by Gasteiger charge is -2.04. The van der Waals surface area contributed by atoms with E-state index < -0.39 is 42.0 Å². The molecule has 12 nitrogen and oxygen atoms in total. The fourth-order valence-electron chi connectivity index (χ4n) is 1.99. The number of unbranched alkanes of at least 4 members (excludes halogenated alkanes) is 1. The van der Waals surface area contributed by atoms with E-state index in [0.717, 1.165) is 18.4 Å². The van der Waals surface area contributed by atoms with Gasteiger partial charge in [0.15, 0.2) is 0 Å². The van der Waals surface area contributed by atoms with Gasteiger partial charge in [0.25, 0.3) is 0 Å². The predicted molar refractivity (Wildman–Crippen MR) is 117 cm³/mol. The van der Waals surface area contributed by atoms with Crippen molar-refractivity contribution < 1.29 is 39.6 Å². The van der Waals surface area contributed by atoms with Crippen molar-refractivity contribution in [2.45, 2.75) is 56.7 Å². The van der Waals surface area contributed by atoms with E-state index in [1.807, 2.05) is 30.3 Å². The van der Waals surface area contributed by atoms with Crippen molar-refractivity contribution in [3.63, 3.8) is 0 Å². The fraction of sp³-hybridized carbons (Fsp3) is 0.500. The third kappa shape index (κ3) is 18.9. The molecule has 1 rings (SSSR count). The Bertz CT molecular complexity index is 687. The van der Waals surface area contributed by atoms with Gasteiger partial charge in [-0.2, -0.15) is 0 Å². The summed E-state index contributed by atoms with van der Waals surface area (Å²) in [5.74, 6) is -4.09. The van der Waals surface area contributed by atoms with Gasteiger partial charge in [0, 0.05) is 6.42 Å². The minimum Gasteiger partial charge on any atom is -0.481 e. The van der Waals surface area contributed by atoms with Gasteiger partial charge in [-0.05, 0) is 37.8 Å². The second kappa shape index (κ2) is 18.7. The van der Waals surface area contributed by atoms with Crippen LogP contribution in [0.3, 0.4) is 0 Å². The third-order valence-electron chi connectivity index (χ3n) is 3.89. The van der Waals surface area contributed by atoms with Crippen molar-refractivity contribution in [1.29, 1.82) is 0 Å². The highest BCUT2D eigenvalue weighted by Gasteiger charge is 2.12. The lowest BCUT2D eigenvalue weighted by Crippen LogP contribution is -2.32. The van der Waals surface area contributed by atoms with Crippen LogP contribution in [0.15, 0.2) is 30.3 Å². The van der Waals surface area contributed by atoms with E-state index in [1.165, 1.54) is 0 Å². The minimum atomic E-state index is -1.17. The molecule has 1 aromatic carbocycles. The Kier molecular flexibility index (Phi) is 18.2. The molecule has 1 aromatic rings. The van der Waals surface area contributed by atoms with Crippen LogP contribution in [-0.2, 0) is 25.6 Å². The first-order chi connectivity index (χ1) is 14.9. The predicted octanol–water partition coefficient (Wildman–Crippen LogP) is -0.569. The van der Waals surface area contributed by atoms with E-state index in [0.29, 0.717) is 19.4 Å². The van der Waals surface area contributed by atoms with E-state index in [2.05, 4.69) is 0 Å². The highest BCUT2D eigenvalue weighted by Crippen LogP contribution is 2.01. The first-order valence-corrected chi connectivity index (χ1v) is 9.83. The van der Waals surface area contributed by atoms with E-state index in [-0.39, 0.29) is 12.8 Å². The second-order valence-electron chi connectivity index (χ2n) is 6.74. The van der Waals surface area contributed by atoms with Crippen molar-refractivity contribution in [3.05, 3.63) is 35.9 Å². The summed E-state index contributed by atoms with van der Waals surface area (Å²) in [4.78, 5) is 40.4. The molecule has 32 heavy (non-hydrogen) atoms. The molecule has 12 N–H and O–H groups in total. The Labute approximate surface area is 186 Å². The molecule has 3 unspecified atom stereocenters.